The molecule has 8 heteroatoms. The van der Waals surface area contributed by atoms with Crippen molar-refractivity contribution in [3.8, 4) is 0 Å². The van der Waals surface area contributed by atoms with Crippen molar-refractivity contribution >= 4 is 38.9 Å². The number of carbonyl (C=O) groups excluding carboxylic acids is 2. The van der Waals surface area contributed by atoms with E-state index < -0.39 is 9.84 Å². The minimum Gasteiger partial charge on any atom is -0.399 e. The van der Waals surface area contributed by atoms with E-state index >= 15 is 0 Å². The molecule has 6 nitrogen and oxygen atoms in total. The lowest BCUT2D eigenvalue weighted by Gasteiger charge is -2.23. The minimum absolute atomic E-state index is 0.0464. The lowest BCUT2D eigenvalue weighted by molar-refractivity contribution is -0.115. The zero-order chi connectivity index (χ0) is 19.8. The molecule has 0 fully saturated rings. The predicted molar refractivity (Wildman–Crippen MR) is 105 cm³/mol. The zero-order valence-electron chi connectivity index (χ0n) is 15.5. The molecule has 1 aliphatic carbocycles. The van der Waals surface area contributed by atoms with Crippen molar-refractivity contribution in [2.75, 3.05) is 19.1 Å². The summed E-state index contributed by atoms with van der Waals surface area (Å²) in [5.74, 6) is -0.537. The molecule has 0 unspecified atom stereocenters. The fourth-order valence-corrected chi connectivity index (χ4v) is 5.92. The Kier molecular flexibility index (Phi) is 5.58. The van der Waals surface area contributed by atoms with Crippen LogP contribution in [0.15, 0.2) is 32.7 Å². The molecular formula is C19H21NO5S2. The number of nitrogens with zero attached hydrogens (tertiary/aromatic N) is 1. The van der Waals surface area contributed by atoms with Crippen molar-refractivity contribution in [1.29, 1.82) is 0 Å². The number of sulfone groups is 1. The molecule has 144 valence electrons. The second kappa shape index (κ2) is 7.59. The molecule has 0 radical (unpaired) electrons. The second-order valence-electron chi connectivity index (χ2n) is 6.51. The first-order chi connectivity index (χ1) is 12.8. The number of hydrogen-bond acceptors (Lipinski definition) is 7. The summed E-state index contributed by atoms with van der Waals surface area (Å²) < 4.78 is 24.9. The molecule has 2 aliphatic rings. The fourth-order valence-electron chi connectivity index (χ4n) is 3.63. The van der Waals surface area contributed by atoms with Gasteiger partial charge in [-0.25, -0.2) is 8.42 Å². The standard InChI is InChI=1S/C19H21NO5S2/c1-11-12(19(22)18-14(21)5-4-6-15(18)26-3)7-8-16-17(11)13(20-25-2)9-10-27(16,23)24/h7-8H,4-6,9-10H2,1-3H3. The van der Waals surface area contributed by atoms with Crippen molar-refractivity contribution in [1.82, 2.24) is 0 Å². The van der Waals surface area contributed by atoms with E-state index in [9.17, 15) is 18.0 Å². The van der Waals surface area contributed by atoms with Crippen LogP contribution in [0.1, 0.15) is 47.2 Å². The van der Waals surface area contributed by atoms with Gasteiger partial charge in [-0.2, -0.15) is 0 Å². The van der Waals surface area contributed by atoms with Gasteiger partial charge in [0.15, 0.2) is 21.4 Å². The first kappa shape index (κ1) is 19.8. The van der Waals surface area contributed by atoms with E-state index in [1.165, 1.54) is 31.0 Å². The predicted octanol–water partition coefficient (Wildman–Crippen LogP) is 3.08. The monoisotopic (exact) mass is 407 g/mol. The molecule has 0 atom stereocenters. The third-order valence-electron chi connectivity index (χ3n) is 4.94. The Bertz CT molecular complexity index is 990. The molecule has 0 bridgehead atoms. The van der Waals surface area contributed by atoms with Crippen LogP contribution in [0.3, 0.4) is 0 Å². The van der Waals surface area contributed by atoms with Gasteiger partial charge in [0, 0.05) is 24.0 Å². The number of hydrogen-bond donors (Lipinski definition) is 0. The van der Waals surface area contributed by atoms with Crippen LogP contribution >= 0.6 is 11.8 Å². The summed E-state index contributed by atoms with van der Waals surface area (Å²) >= 11 is 1.42. The highest BCUT2D eigenvalue weighted by atomic mass is 32.2. The van der Waals surface area contributed by atoms with Crippen molar-refractivity contribution < 1.29 is 22.8 Å². The quantitative estimate of drug-likeness (QED) is 0.433. The van der Waals surface area contributed by atoms with E-state index in [0.717, 1.165) is 11.3 Å². The van der Waals surface area contributed by atoms with Crippen LogP contribution in [0.4, 0.5) is 0 Å². The van der Waals surface area contributed by atoms with Crippen molar-refractivity contribution in [3.05, 3.63) is 39.3 Å². The summed E-state index contributed by atoms with van der Waals surface area (Å²) in [6, 6.07) is 2.96. The highest BCUT2D eigenvalue weighted by Crippen LogP contribution is 2.35. The zero-order valence-corrected chi connectivity index (χ0v) is 17.1. The topological polar surface area (TPSA) is 89.9 Å². The number of carbonyl (C=O) groups is 2. The molecule has 0 saturated heterocycles. The summed E-state index contributed by atoms with van der Waals surface area (Å²) in [6.45, 7) is 1.70. The second-order valence-corrected chi connectivity index (χ2v) is 9.49. The van der Waals surface area contributed by atoms with Gasteiger partial charge < -0.3 is 4.84 Å². The van der Waals surface area contributed by atoms with Crippen LogP contribution < -0.4 is 0 Å². The van der Waals surface area contributed by atoms with Gasteiger partial charge in [0.25, 0.3) is 0 Å². The van der Waals surface area contributed by atoms with Gasteiger partial charge in [-0.05, 0) is 48.6 Å². The maximum Gasteiger partial charge on any atom is 0.197 e. The minimum atomic E-state index is -3.44. The average Bonchev–Trinajstić information content (AvgIpc) is 2.63. The number of oxime groups is 1. The molecule has 27 heavy (non-hydrogen) atoms. The van der Waals surface area contributed by atoms with Gasteiger partial charge in [-0.1, -0.05) is 5.16 Å². The maximum atomic E-state index is 13.2. The number of Topliss-reactive ketones (excluding diaryl/α,β-unsaturated/α-hetero) is 2. The molecule has 3 rings (SSSR count). The number of ketones is 2. The van der Waals surface area contributed by atoms with Gasteiger partial charge in [0.1, 0.15) is 7.11 Å². The third-order valence-corrected chi connectivity index (χ3v) is 7.60. The lowest BCUT2D eigenvalue weighted by atomic mass is 9.88. The Morgan fingerprint density at radius 1 is 1.22 bits per heavy atom. The number of benzene rings is 1. The molecule has 0 aromatic heterocycles. The molecule has 1 aromatic carbocycles. The van der Waals surface area contributed by atoms with Crippen molar-refractivity contribution in [2.45, 2.75) is 37.5 Å². The van der Waals surface area contributed by atoms with E-state index in [2.05, 4.69) is 5.16 Å². The largest absolute Gasteiger partial charge is 0.399 e. The van der Waals surface area contributed by atoms with E-state index in [1.54, 1.807) is 6.92 Å². The Morgan fingerprint density at radius 2 is 1.96 bits per heavy atom. The molecular weight excluding hydrogens is 386 g/mol. The van der Waals surface area contributed by atoms with E-state index in [4.69, 9.17) is 4.84 Å². The van der Waals surface area contributed by atoms with Crippen LogP contribution in [0, 0.1) is 6.92 Å². The normalized spacial score (nSPS) is 20.6. The summed E-state index contributed by atoms with van der Waals surface area (Å²) in [4.78, 5) is 31.4. The Morgan fingerprint density at radius 3 is 2.63 bits per heavy atom. The van der Waals surface area contributed by atoms with Gasteiger partial charge in [-0.15, -0.1) is 11.8 Å². The highest BCUT2D eigenvalue weighted by molar-refractivity contribution is 8.02. The molecule has 0 N–H and O–H groups in total. The highest BCUT2D eigenvalue weighted by Gasteiger charge is 2.33. The average molecular weight is 408 g/mol. The summed E-state index contributed by atoms with van der Waals surface area (Å²) in [7, 11) is -2.04. The molecule has 0 saturated carbocycles. The summed E-state index contributed by atoms with van der Waals surface area (Å²) in [5.41, 5.74) is 2.02. The smallest absolute Gasteiger partial charge is 0.197 e. The van der Waals surface area contributed by atoms with E-state index in [1.807, 2.05) is 6.26 Å². The van der Waals surface area contributed by atoms with Gasteiger partial charge in [-0.3, -0.25) is 9.59 Å². The molecule has 1 aromatic rings. The van der Waals surface area contributed by atoms with Gasteiger partial charge >= 0.3 is 0 Å². The van der Waals surface area contributed by atoms with Crippen molar-refractivity contribution in [3.63, 3.8) is 0 Å². The fraction of sp³-hybridized carbons (Fsp3) is 0.421. The van der Waals surface area contributed by atoms with E-state index in [0.29, 0.717) is 35.2 Å². The van der Waals surface area contributed by atoms with Crippen LogP contribution in [0.25, 0.3) is 0 Å². The first-order valence-corrected chi connectivity index (χ1v) is 11.5. The van der Waals surface area contributed by atoms with Crippen LogP contribution in [0.5, 0.6) is 0 Å². The third kappa shape index (κ3) is 3.48. The van der Waals surface area contributed by atoms with Crippen molar-refractivity contribution in [2.24, 2.45) is 5.16 Å². The summed E-state index contributed by atoms with van der Waals surface area (Å²) in [5, 5.41) is 3.97. The number of fused-ring (bicyclic) bond motifs is 1. The number of allylic oxidation sites excluding steroid dienone is 2. The van der Waals surface area contributed by atoms with E-state index in [-0.39, 0.29) is 34.2 Å². The lowest BCUT2D eigenvalue weighted by Crippen LogP contribution is -2.25. The maximum absolute atomic E-state index is 13.2. The summed E-state index contributed by atoms with van der Waals surface area (Å²) in [6.07, 6.45) is 3.90. The first-order valence-electron chi connectivity index (χ1n) is 8.63. The molecule has 1 aliphatic heterocycles. The Hall–Kier alpha value is -1.93. The number of thioether (sulfide) groups is 1. The number of rotatable bonds is 4. The molecule has 0 spiro atoms. The van der Waals surface area contributed by atoms with Crippen LogP contribution in [-0.2, 0) is 19.5 Å². The van der Waals surface area contributed by atoms with Gasteiger partial charge in [0.05, 0.1) is 21.9 Å². The van der Waals surface area contributed by atoms with Crippen LogP contribution in [0.2, 0.25) is 0 Å². The molecule has 1 heterocycles. The van der Waals surface area contributed by atoms with Crippen LogP contribution in [-0.4, -0.2) is 44.8 Å². The van der Waals surface area contributed by atoms with Gasteiger partial charge in [0.2, 0.25) is 0 Å². The Labute approximate surface area is 163 Å². The SMILES string of the molecule is CON=C1CCS(=O)(=O)c2ccc(C(=O)C3=C(SC)CCCC3=O)c(C)c21. The Balaban J connectivity index is 2.21. The molecule has 0 amide bonds.